The minimum Gasteiger partial charge on any atom is -0.659 e. The van der Waals surface area contributed by atoms with Gasteiger partial charge in [-0.2, -0.15) is 0 Å². The van der Waals surface area contributed by atoms with Crippen LogP contribution in [-0.2, 0) is 20.8 Å². The molecule has 0 radical (unpaired) electrons. The third kappa shape index (κ3) is 13.0. The van der Waals surface area contributed by atoms with E-state index in [4.69, 9.17) is 26.6 Å². The number of carbonyl (C=O) groups excluding carboxylic acids is 3. The maximum absolute atomic E-state index is 12.2. The second kappa shape index (κ2) is 19.8. The van der Waals surface area contributed by atoms with Gasteiger partial charge < -0.3 is 37.6 Å². The summed E-state index contributed by atoms with van der Waals surface area (Å²) in [6.45, 7) is 7.29. The number of hydrogen-bond donors (Lipinski definition) is 4. The number of nitrogens with two attached hydrogens (primary N) is 3. The summed E-state index contributed by atoms with van der Waals surface area (Å²) >= 11 is 0. The molecule has 3 amide bonds. The van der Waals surface area contributed by atoms with E-state index in [9.17, 15) is 9.59 Å². The zero-order chi connectivity index (χ0) is 28.6. The van der Waals surface area contributed by atoms with Crippen LogP contribution in [0.5, 0.6) is 0 Å². The van der Waals surface area contributed by atoms with E-state index in [1.807, 2.05) is 12.1 Å². The molecule has 1 saturated carbocycles. The van der Waals surface area contributed by atoms with E-state index in [0.717, 1.165) is 43.9 Å². The van der Waals surface area contributed by atoms with Crippen molar-refractivity contribution < 1.29 is 45.5 Å². The third-order valence-corrected chi connectivity index (χ3v) is 6.94. The van der Waals surface area contributed by atoms with Crippen molar-refractivity contribution >= 4 is 29.7 Å². The van der Waals surface area contributed by atoms with Gasteiger partial charge in [0, 0.05) is 70.4 Å². The van der Waals surface area contributed by atoms with Gasteiger partial charge in [0.2, 0.25) is 18.2 Å². The smallest absolute Gasteiger partial charge is 0.239 e. The van der Waals surface area contributed by atoms with Crippen LogP contribution in [0.1, 0.15) is 45.1 Å². The summed E-state index contributed by atoms with van der Waals surface area (Å²) in [5, 5.41) is 7.58. The normalized spacial score (nSPS) is 20.1. The fraction of sp³-hybridized carbons (Fsp3) is 0.571. The second-order valence-corrected chi connectivity index (χ2v) is 9.97. The number of carbonyl (C=O) groups is 3. The topological polar surface area (TPSA) is 174 Å². The van der Waals surface area contributed by atoms with E-state index < -0.39 is 6.04 Å². The summed E-state index contributed by atoms with van der Waals surface area (Å²) in [5.74, 6) is 1.25. The molecule has 1 heterocycles. The van der Waals surface area contributed by atoms with Gasteiger partial charge in [0.25, 0.3) is 0 Å². The van der Waals surface area contributed by atoms with Gasteiger partial charge in [0.05, 0.1) is 11.7 Å². The molecular formula is C28H45N8O3U-. The molecule has 2 aliphatic rings. The number of aliphatic imine (C=N–C) groups is 1. The summed E-state index contributed by atoms with van der Waals surface area (Å²) in [5.41, 5.74) is 17.8. The van der Waals surface area contributed by atoms with Gasteiger partial charge in [0.15, 0.2) is 0 Å². The number of amidine groups is 1. The van der Waals surface area contributed by atoms with Crippen LogP contribution in [0.15, 0.2) is 41.5 Å². The number of amides is 3. The molecule has 1 unspecified atom stereocenters. The SMILES string of the molecule is CC(=O)N/C=C\C(=Nc1ccc(CC[N-]C2CCC(CN)CC2)cc1)N1CCN(C(=O)C(C)N)CC1.NC=O.[U]. The number of rotatable bonds is 9. The number of benzene rings is 1. The second-order valence-electron chi connectivity index (χ2n) is 9.97. The van der Waals surface area contributed by atoms with Gasteiger partial charge in [-0.3, -0.25) is 14.4 Å². The molecule has 1 aliphatic heterocycles. The van der Waals surface area contributed by atoms with Crippen molar-refractivity contribution in [1.82, 2.24) is 15.1 Å². The Morgan fingerprint density at radius 2 is 1.68 bits per heavy atom. The molecule has 40 heavy (non-hydrogen) atoms. The standard InChI is InChI=1S/C27H42N7O2.CH3NO.U/c1-20(29)27(36)34-17-15-33(16-18-34)26(12-14-30-21(2)35)32-25-9-3-22(4-10-25)11-13-31-24-7-5-23(19-28)6-8-24;2-1-3;/h3-4,9-10,12,14,20,23-24H,5-8,11,13,15-19,28-29H2,1-2H3,(H,30,35);1H,(H2,2,3);/q-1;;/b14-12-,32-26?;;. The van der Waals surface area contributed by atoms with Gasteiger partial charge in [0.1, 0.15) is 5.84 Å². The third-order valence-electron chi connectivity index (χ3n) is 6.94. The first-order valence-electron chi connectivity index (χ1n) is 13.7. The largest absolute Gasteiger partial charge is 0.659 e. The molecule has 1 aromatic carbocycles. The van der Waals surface area contributed by atoms with Crippen molar-refractivity contribution in [3.8, 4) is 0 Å². The minimum atomic E-state index is -0.498. The molecule has 0 aromatic heterocycles. The molecule has 0 bridgehead atoms. The molecule has 0 spiro atoms. The molecule has 3 rings (SSSR count). The molecule has 220 valence electrons. The summed E-state index contributed by atoms with van der Waals surface area (Å²) < 4.78 is 0. The predicted molar refractivity (Wildman–Crippen MR) is 155 cm³/mol. The minimum absolute atomic E-state index is 0. The van der Waals surface area contributed by atoms with Gasteiger partial charge in [-0.05, 0) is 49.6 Å². The molecule has 1 aromatic rings. The first-order valence-corrected chi connectivity index (χ1v) is 13.7. The van der Waals surface area contributed by atoms with E-state index >= 15 is 0 Å². The quantitative estimate of drug-likeness (QED) is 0.168. The van der Waals surface area contributed by atoms with Gasteiger partial charge in [-0.25, -0.2) is 4.99 Å². The zero-order valence-electron chi connectivity index (χ0n) is 23.8. The summed E-state index contributed by atoms with van der Waals surface area (Å²) in [6.07, 6.45) is 9.32. The molecule has 1 saturated heterocycles. The van der Waals surface area contributed by atoms with Crippen LogP contribution in [0.3, 0.4) is 0 Å². The van der Waals surface area contributed by atoms with E-state index in [0.29, 0.717) is 38.1 Å². The summed E-state index contributed by atoms with van der Waals surface area (Å²) in [4.78, 5) is 40.9. The average Bonchev–Trinajstić information content (AvgIpc) is 2.93. The first kappa shape index (κ1) is 35.8. The van der Waals surface area contributed by atoms with Gasteiger partial charge in [-0.15, -0.1) is 12.6 Å². The van der Waals surface area contributed by atoms with E-state index in [1.54, 1.807) is 24.1 Å². The molecule has 2 fully saturated rings. The zero-order valence-corrected chi connectivity index (χ0v) is 28.0. The van der Waals surface area contributed by atoms with Gasteiger partial charge >= 0.3 is 0 Å². The number of hydrogen-bond acceptors (Lipinski definition) is 6. The average molecular weight is 780 g/mol. The number of piperazine rings is 1. The number of nitrogens with one attached hydrogen (secondary N) is 1. The van der Waals surface area contributed by atoms with Crippen molar-refractivity contribution in [2.75, 3.05) is 39.3 Å². The Kier molecular flexibility index (Phi) is 17.7. The predicted octanol–water partition coefficient (Wildman–Crippen LogP) is 1.39. The maximum atomic E-state index is 12.2. The van der Waals surface area contributed by atoms with Crippen LogP contribution in [0, 0.1) is 37.0 Å². The molecule has 12 heteroatoms. The van der Waals surface area contributed by atoms with Crippen molar-refractivity contribution in [3.05, 3.63) is 47.4 Å². The Morgan fingerprint density at radius 1 is 1.10 bits per heavy atom. The first-order chi connectivity index (χ1) is 18.8. The molecule has 1 aliphatic carbocycles. The molecule has 7 N–H and O–H groups in total. The number of nitrogens with zero attached hydrogens (tertiary/aromatic N) is 4. The van der Waals surface area contributed by atoms with E-state index in [-0.39, 0.29) is 49.3 Å². The van der Waals surface area contributed by atoms with E-state index in [1.165, 1.54) is 25.3 Å². The summed E-state index contributed by atoms with van der Waals surface area (Å²) in [7, 11) is 0. The van der Waals surface area contributed by atoms with Crippen LogP contribution in [-0.4, -0.2) is 85.2 Å². The summed E-state index contributed by atoms with van der Waals surface area (Å²) in [6, 6.07) is 8.23. The Hall–Kier alpha value is -2.23. The molecule has 1 atom stereocenters. The van der Waals surface area contributed by atoms with Crippen LogP contribution >= 0.6 is 0 Å². The fourth-order valence-corrected chi connectivity index (χ4v) is 4.70. The monoisotopic (exact) mass is 779 g/mol. The maximum Gasteiger partial charge on any atom is 0.239 e. The van der Waals surface area contributed by atoms with Crippen molar-refractivity contribution in [2.45, 2.75) is 58.0 Å². The van der Waals surface area contributed by atoms with E-state index in [2.05, 4.69) is 28.1 Å². The van der Waals surface area contributed by atoms with Crippen LogP contribution < -0.4 is 22.5 Å². The Bertz CT molecular complexity index is 955. The van der Waals surface area contributed by atoms with Gasteiger partial charge in [-0.1, -0.05) is 37.8 Å². The molecule has 11 nitrogen and oxygen atoms in total. The van der Waals surface area contributed by atoms with Crippen LogP contribution in [0.4, 0.5) is 5.69 Å². The van der Waals surface area contributed by atoms with Crippen LogP contribution in [0.2, 0.25) is 0 Å². The Morgan fingerprint density at radius 3 is 2.20 bits per heavy atom. The Labute approximate surface area is 262 Å². The van der Waals surface area contributed by atoms with Crippen molar-refractivity contribution in [2.24, 2.45) is 28.1 Å². The van der Waals surface area contributed by atoms with Crippen molar-refractivity contribution in [3.63, 3.8) is 0 Å². The van der Waals surface area contributed by atoms with Crippen molar-refractivity contribution in [1.29, 1.82) is 0 Å². The fourth-order valence-electron chi connectivity index (χ4n) is 4.70. The number of primary amides is 1. The Balaban J connectivity index is 0.00000191. The molecular weight excluding hydrogens is 734 g/mol. The van der Waals surface area contributed by atoms with Crippen LogP contribution in [0.25, 0.3) is 5.32 Å².